The number of carbonyl (C=O) groups is 1. The Morgan fingerprint density at radius 2 is 1.92 bits per heavy atom. The summed E-state index contributed by atoms with van der Waals surface area (Å²) >= 11 is 0. The predicted molar refractivity (Wildman–Crippen MR) is 46.4 cm³/mol. The number of hydrogen-bond donors (Lipinski definition) is 2. The predicted octanol–water partition coefficient (Wildman–Crippen LogP) is -0.508. The summed E-state index contributed by atoms with van der Waals surface area (Å²) in [6.45, 7) is 0. The van der Waals surface area contributed by atoms with Gasteiger partial charge < -0.3 is 5.32 Å². The maximum absolute atomic E-state index is 11.4. The van der Waals surface area contributed by atoms with Crippen LogP contribution in [0.4, 0.5) is 4.79 Å². The summed E-state index contributed by atoms with van der Waals surface area (Å²) in [5.74, 6) is 0. The average molecular weight is 200 g/mol. The molecule has 0 aromatic carbocycles. The lowest BCUT2D eigenvalue weighted by atomic mass is 10.1. The van der Waals surface area contributed by atoms with Crippen LogP contribution in [0.25, 0.3) is 0 Å². The summed E-state index contributed by atoms with van der Waals surface area (Å²) in [5.41, 5.74) is 0. The number of urea groups is 1. The molecule has 1 fully saturated rings. The van der Waals surface area contributed by atoms with Gasteiger partial charge in [-0.3, -0.25) is 0 Å². The van der Waals surface area contributed by atoms with E-state index in [4.69, 9.17) is 0 Å². The highest BCUT2D eigenvalue weighted by molar-refractivity contribution is 7.91. The van der Waals surface area contributed by atoms with Crippen LogP contribution in [0.2, 0.25) is 0 Å². The van der Waals surface area contributed by atoms with Gasteiger partial charge in [0.1, 0.15) is 5.25 Å². The zero-order valence-electron chi connectivity index (χ0n) is 6.60. The highest BCUT2D eigenvalue weighted by Gasteiger charge is 2.37. The monoisotopic (exact) mass is 200 g/mol. The molecule has 2 atom stereocenters. The first-order valence-electron chi connectivity index (χ1n) is 3.77. The number of sulfonamides is 1. The fourth-order valence-electron chi connectivity index (χ4n) is 1.39. The minimum Gasteiger partial charge on any atom is -0.329 e. The number of allylic oxidation sites excluding steroid dienone is 2. The van der Waals surface area contributed by atoms with Crippen LogP contribution in [0.15, 0.2) is 24.3 Å². The molecule has 70 valence electrons. The van der Waals surface area contributed by atoms with Crippen molar-refractivity contribution in [2.75, 3.05) is 0 Å². The van der Waals surface area contributed by atoms with Crippen molar-refractivity contribution in [2.24, 2.45) is 0 Å². The molecule has 1 heterocycles. The SMILES string of the molecule is O=C1N[C@@H]2C=CC=C[C@@H]2S(=O)(=O)N1. The van der Waals surface area contributed by atoms with Crippen LogP contribution in [0, 0.1) is 0 Å². The summed E-state index contributed by atoms with van der Waals surface area (Å²) in [6, 6.07) is -1.11. The molecule has 2 N–H and O–H groups in total. The summed E-state index contributed by atoms with van der Waals surface area (Å²) in [4.78, 5) is 10.9. The Morgan fingerprint density at radius 1 is 1.23 bits per heavy atom. The number of hydrogen-bond acceptors (Lipinski definition) is 3. The topological polar surface area (TPSA) is 75.3 Å². The molecule has 1 aliphatic heterocycles. The highest BCUT2D eigenvalue weighted by Crippen LogP contribution is 2.15. The second kappa shape index (κ2) is 2.59. The van der Waals surface area contributed by atoms with Crippen molar-refractivity contribution in [2.45, 2.75) is 11.3 Å². The number of nitrogens with one attached hydrogen (secondary N) is 2. The molecule has 2 rings (SSSR count). The number of carbonyl (C=O) groups excluding carboxylic acids is 1. The third-order valence-electron chi connectivity index (χ3n) is 1.98. The molecule has 2 aliphatic rings. The molecular formula is C7H8N2O3S. The maximum atomic E-state index is 11.4. The Bertz CT molecular complexity index is 396. The lowest BCUT2D eigenvalue weighted by Gasteiger charge is -2.29. The van der Waals surface area contributed by atoms with E-state index in [1.165, 1.54) is 0 Å². The number of amides is 2. The van der Waals surface area contributed by atoms with Gasteiger partial charge in [-0.15, -0.1) is 0 Å². The molecule has 1 saturated heterocycles. The van der Waals surface area contributed by atoms with Crippen LogP contribution >= 0.6 is 0 Å². The molecule has 1 aliphatic carbocycles. The minimum atomic E-state index is -3.53. The van der Waals surface area contributed by atoms with Gasteiger partial charge in [-0.25, -0.2) is 17.9 Å². The van der Waals surface area contributed by atoms with E-state index < -0.39 is 27.3 Å². The second-order valence-electron chi connectivity index (χ2n) is 2.88. The van der Waals surface area contributed by atoms with Crippen molar-refractivity contribution < 1.29 is 13.2 Å². The van der Waals surface area contributed by atoms with Crippen LogP contribution in [0.1, 0.15) is 0 Å². The number of rotatable bonds is 0. The fourth-order valence-corrected chi connectivity index (χ4v) is 2.69. The van der Waals surface area contributed by atoms with Gasteiger partial charge >= 0.3 is 6.03 Å². The normalized spacial score (nSPS) is 34.6. The lowest BCUT2D eigenvalue weighted by molar-refractivity contribution is 0.242. The molecule has 0 aromatic heterocycles. The largest absolute Gasteiger partial charge is 0.329 e. The van der Waals surface area contributed by atoms with Crippen molar-refractivity contribution >= 4 is 16.1 Å². The van der Waals surface area contributed by atoms with Crippen LogP contribution in [-0.4, -0.2) is 25.7 Å². The highest BCUT2D eigenvalue weighted by atomic mass is 32.2. The quantitative estimate of drug-likeness (QED) is 0.553. The molecule has 5 nitrogen and oxygen atoms in total. The smallest absolute Gasteiger partial charge is 0.328 e. The van der Waals surface area contributed by atoms with Crippen LogP contribution in [-0.2, 0) is 10.0 Å². The molecule has 6 heteroatoms. The Hall–Kier alpha value is -1.30. The van der Waals surface area contributed by atoms with E-state index in [0.29, 0.717) is 0 Å². The Balaban J connectivity index is 2.40. The molecule has 0 aromatic rings. The standard InChI is InChI=1S/C7H8N2O3S/c10-7-8-5-3-1-2-4-6(5)13(11,12)9-7/h1-6H,(H2,8,9,10)/t5-,6+/m1/s1. The summed E-state index contributed by atoms with van der Waals surface area (Å²) < 4.78 is 24.6. The Labute approximate surface area is 75.6 Å². The maximum Gasteiger partial charge on any atom is 0.328 e. The van der Waals surface area contributed by atoms with Gasteiger partial charge in [-0.1, -0.05) is 24.3 Å². The molecular weight excluding hydrogens is 192 g/mol. The first-order valence-corrected chi connectivity index (χ1v) is 5.31. The van der Waals surface area contributed by atoms with E-state index in [9.17, 15) is 13.2 Å². The van der Waals surface area contributed by atoms with Gasteiger partial charge in [-0.2, -0.15) is 0 Å². The zero-order valence-corrected chi connectivity index (χ0v) is 7.41. The van der Waals surface area contributed by atoms with E-state index >= 15 is 0 Å². The lowest BCUT2D eigenvalue weighted by Crippen LogP contribution is -2.59. The summed E-state index contributed by atoms with van der Waals surface area (Å²) in [7, 11) is -3.53. The van der Waals surface area contributed by atoms with Crippen LogP contribution < -0.4 is 10.0 Å². The van der Waals surface area contributed by atoms with Crippen LogP contribution in [0.3, 0.4) is 0 Å². The van der Waals surface area contributed by atoms with Gasteiger partial charge in [0.25, 0.3) is 0 Å². The van der Waals surface area contributed by atoms with Gasteiger partial charge in [0.2, 0.25) is 10.0 Å². The van der Waals surface area contributed by atoms with Gasteiger partial charge in [0, 0.05) is 0 Å². The second-order valence-corrected chi connectivity index (χ2v) is 4.72. The van der Waals surface area contributed by atoms with Crippen molar-refractivity contribution in [3.8, 4) is 0 Å². The van der Waals surface area contributed by atoms with E-state index in [2.05, 4.69) is 5.32 Å². The van der Waals surface area contributed by atoms with E-state index in [1.807, 2.05) is 4.72 Å². The van der Waals surface area contributed by atoms with Crippen molar-refractivity contribution in [1.82, 2.24) is 10.0 Å². The van der Waals surface area contributed by atoms with Crippen molar-refractivity contribution in [3.63, 3.8) is 0 Å². The first kappa shape index (κ1) is 8.31. The number of fused-ring (bicyclic) bond motifs is 1. The third-order valence-corrected chi connectivity index (χ3v) is 3.61. The van der Waals surface area contributed by atoms with Crippen molar-refractivity contribution in [3.05, 3.63) is 24.3 Å². The average Bonchev–Trinajstić information content (AvgIpc) is 2.02. The summed E-state index contributed by atoms with van der Waals surface area (Å²) in [5, 5.41) is 1.82. The molecule has 0 unspecified atom stereocenters. The molecule has 0 radical (unpaired) electrons. The fraction of sp³-hybridized carbons (Fsp3) is 0.286. The van der Waals surface area contributed by atoms with Gasteiger partial charge in [0.15, 0.2) is 0 Å². The molecule has 2 amide bonds. The van der Waals surface area contributed by atoms with E-state index in [-0.39, 0.29) is 0 Å². The van der Waals surface area contributed by atoms with E-state index in [0.717, 1.165) is 0 Å². The molecule has 0 spiro atoms. The first-order chi connectivity index (χ1) is 6.09. The van der Waals surface area contributed by atoms with E-state index in [1.54, 1.807) is 24.3 Å². The Kier molecular flexibility index (Phi) is 1.66. The Morgan fingerprint density at radius 3 is 2.69 bits per heavy atom. The zero-order chi connectivity index (χ0) is 9.47. The molecule has 0 bridgehead atoms. The van der Waals surface area contributed by atoms with Crippen molar-refractivity contribution in [1.29, 1.82) is 0 Å². The third kappa shape index (κ3) is 1.33. The molecule has 13 heavy (non-hydrogen) atoms. The van der Waals surface area contributed by atoms with Crippen LogP contribution in [0.5, 0.6) is 0 Å². The molecule has 0 saturated carbocycles. The summed E-state index contributed by atoms with van der Waals surface area (Å²) in [6.07, 6.45) is 6.56. The van der Waals surface area contributed by atoms with Gasteiger partial charge in [-0.05, 0) is 0 Å². The minimum absolute atomic E-state index is 0.441. The van der Waals surface area contributed by atoms with Gasteiger partial charge in [0.05, 0.1) is 6.04 Å².